The van der Waals surface area contributed by atoms with E-state index in [-0.39, 0.29) is 6.61 Å². The van der Waals surface area contributed by atoms with E-state index in [9.17, 15) is 4.57 Å². The van der Waals surface area contributed by atoms with Crippen LogP contribution in [0.25, 0.3) is 0 Å². The Labute approximate surface area is 65.4 Å². The van der Waals surface area contributed by atoms with Crippen LogP contribution in [0.4, 0.5) is 0 Å². The van der Waals surface area contributed by atoms with Crippen LogP contribution in [0.2, 0.25) is 0 Å². The smallest absolute Gasteiger partial charge is 0.290 e. The number of phosphoric acid groups is 1. The average molecular weight is 176 g/mol. The summed E-state index contributed by atoms with van der Waals surface area (Å²) in [5.41, 5.74) is -0.911. The highest BCUT2D eigenvalue weighted by atomic mass is 31.2. The van der Waals surface area contributed by atoms with E-state index < -0.39 is 13.4 Å². The van der Waals surface area contributed by atoms with Crippen LogP contribution in [-0.4, -0.2) is 19.3 Å². The molecule has 2 unspecified atom stereocenters. The summed E-state index contributed by atoms with van der Waals surface area (Å²) in [6.07, 6.45) is 5.11. The van der Waals surface area contributed by atoms with Crippen molar-refractivity contribution >= 4 is 7.82 Å². The maximum absolute atomic E-state index is 11.2. The minimum Gasteiger partial charge on any atom is -0.290 e. The predicted octanol–water partition coefficient (Wildman–Crippen LogP) is 1.18. The molecule has 11 heavy (non-hydrogen) atoms. The van der Waals surface area contributed by atoms with Crippen molar-refractivity contribution in [2.45, 2.75) is 12.5 Å². The van der Waals surface area contributed by atoms with Crippen molar-refractivity contribution < 1.29 is 18.1 Å². The van der Waals surface area contributed by atoms with E-state index in [1.165, 1.54) is 7.11 Å². The van der Waals surface area contributed by atoms with Crippen molar-refractivity contribution in [3.05, 3.63) is 0 Å². The first-order valence-electron chi connectivity index (χ1n) is 3.02. The summed E-state index contributed by atoms with van der Waals surface area (Å²) in [5, 5.41) is 0. The van der Waals surface area contributed by atoms with E-state index in [4.69, 9.17) is 15.5 Å². The zero-order valence-electron chi connectivity index (χ0n) is 6.36. The van der Waals surface area contributed by atoms with E-state index in [1.807, 2.05) is 0 Å². The Morgan fingerprint density at radius 3 is 2.73 bits per heavy atom. The Morgan fingerprint density at radius 1 is 1.82 bits per heavy atom. The first-order valence-corrected chi connectivity index (χ1v) is 4.48. The third kappa shape index (κ3) is 1.63. The van der Waals surface area contributed by atoms with Crippen molar-refractivity contribution in [2.24, 2.45) is 0 Å². The normalized spacial score (nSPS) is 43.7. The van der Waals surface area contributed by atoms with Crippen molar-refractivity contribution in [1.29, 1.82) is 0 Å². The highest BCUT2D eigenvalue weighted by molar-refractivity contribution is 7.48. The monoisotopic (exact) mass is 176 g/mol. The molecule has 1 aliphatic rings. The van der Waals surface area contributed by atoms with Crippen LogP contribution in [0.15, 0.2) is 0 Å². The quantitative estimate of drug-likeness (QED) is 0.444. The number of hydrogen-bond acceptors (Lipinski definition) is 4. The van der Waals surface area contributed by atoms with Gasteiger partial charge in [-0.2, -0.15) is 0 Å². The van der Waals surface area contributed by atoms with Gasteiger partial charge >= 0.3 is 7.82 Å². The molecule has 1 rings (SSSR count). The van der Waals surface area contributed by atoms with Gasteiger partial charge in [0.05, 0.1) is 6.61 Å². The molecule has 0 aromatic carbocycles. The van der Waals surface area contributed by atoms with Crippen LogP contribution in [0.1, 0.15) is 6.92 Å². The SMILES string of the molecule is C#CC1(C)COP(=O)(OC)O1. The van der Waals surface area contributed by atoms with E-state index in [2.05, 4.69) is 10.4 Å². The lowest BCUT2D eigenvalue weighted by atomic mass is 10.1. The summed E-state index contributed by atoms with van der Waals surface area (Å²) in [4.78, 5) is 0. The largest absolute Gasteiger partial charge is 0.476 e. The fourth-order valence-corrected chi connectivity index (χ4v) is 1.90. The molecular weight excluding hydrogens is 167 g/mol. The van der Waals surface area contributed by atoms with Crippen molar-refractivity contribution in [3.8, 4) is 12.3 Å². The molecule has 0 aromatic rings. The second-order valence-corrected chi connectivity index (χ2v) is 4.07. The van der Waals surface area contributed by atoms with Gasteiger partial charge in [0.15, 0.2) is 5.60 Å². The van der Waals surface area contributed by atoms with Gasteiger partial charge in [-0.25, -0.2) is 4.57 Å². The van der Waals surface area contributed by atoms with E-state index in [1.54, 1.807) is 6.92 Å². The number of terminal acetylenes is 1. The second-order valence-electron chi connectivity index (χ2n) is 2.37. The van der Waals surface area contributed by atoms with Crippen molar-refractivity contribution in [2.75, 3.05) is 13.7 Å². The molecule has 0 N–H and O–H groups in total. The lowest BCUT2D eigenvalue weighted by molar-refractivity contribution is 0.161. The van der Waals surface area contributed by atoms with Crippen LogP contribution < -0.4 is 0 Å². The van der Waals surface area contributed by atoms with Crippen LogP contribution >= 0.6 is 7.82 Å². The fraction of sp³-hybridized carbons (Fsp3) is 0.667. The lowest BCUT2D eigenvalue weighted by Gasteiger charge is -2.12. The third-order valence-corrected chi connectivity index (χ3v) is 2.86. The molecule has 4 nitrogen and oxygen atoms in total. The molecule has 1 aliphatic heterocycles. The van der Waals surface area contributed by atoms with Gasteiger partial charge in [0.25, 0.3) is 0 Å². The third-order valence-electron chi connectivity index (χ3n) is 1.34. The summed E-state index contributed by atoms with van der Waals surface area (Å²) in [7, 11) is -2.08. The fourth-order valence-electron chi connectivity index (χ4n) is 0.660. The first kappa shape index (κ1) is 8.76. The van der Waals surface area contributed by atoms with Gasteiger partial charge in [0, 0.05) is 7.11 Å². The molecule has 0 spiro atoms. The molecule has 5 heteroatoms. The average Bonchev–Trinajstić information content (AvgIpc) is 2.30. The van der Waals surface area contributed by atoms with Gasteiger partial charge in [-0.05, 0) is 6.92 Å². The first-order chi connectivity index (χ1) is 5.04. The molecule has 62 valence electrons. The summed E-state index contributed by atoms with van der Waals surface area (Å²) >= 11 is 0. The molecule has 0 amide bonds. The van der Waals surface area contributed by atoms with Crippen molar-refractivity contribution in [1.82, 2.24) is 0 Å². The van der Waals surface area contributed by atoms with E-state index >= 15 is 0 Å². The number of hydrogen-bond donors (Lipinski definition) is 0. The molecule has 1 saturated heterocycles. The molecule has 1 fully saturated rings. The summed E-state index contributed by atoms with van der Waals surface area (Å²) in [6, 6.07) is 0. The molecule has 0 aliphatic carbocycles. The predicted molar refractivity (Wildman–Crippen MR) is 38.9 cm³/mol. The van der Waals surface area contributed by atoms with E-state index in [0.717, 1.165) is 0 Å². The molecule has 2 atom stereocenters. The Balaban J connectivity index is 2.76. The zero-order chi connectivity index (χ0) is 8.54. The summed E-state index contributed by atoms with van der Waals surface area (Å²) in [6.45, 7) is 1.72. The number of rotatable bonds is 1. The molecule has 0 bridgehead atoms. The maximum atomic E-state index is 11.2. The van der Waals surface area contributed by atoms with Gasteiger partial charge in [-0.3, -0.25) is 13.6 Å². The van der Waals surface area contributed by atoms with Crippen LogP contribution in [0.5, 0.6) is 0 Å². The molecule has 1 heterocycles. The highest BCUT2D eigenvalue weighted by Crippen LogP contribution is 2.57. The highest BCUT2D eigenvalue weighted by Gasteiger charge is 2.44. The van der Waals surface area contributed by atoms with Gasteiger partial charge in [0.1, 0.15) is 0 Å². The van der Waals surface area contributed by atoms with Gasteiger partial charge in [-0.1, -0.05) is 5.92 Å². The zero-order valence-corrected chi connectivity index (χ0v) is 7.26. The summed E-state index contributed by atoms with van der Waals surface area (Å²) in [5.74, 6) is 2.33. The van der Waals surface area contributed by atoms with Crippen molar-refractivity contribution in [3.63, 3.8) is 0 Å². The number of phosphoric ester groups is 1. The standard InChI is InChI=1S/C6H9O4P/c1-4-6(2)5-9-11(7,8-3)10-6/h1H,5H2,2-3H3. The lowest BCUT2D eigenvalue weighted by Crippen LogP contribution is -2.23. The van der Waals surface area contributed by atoms with Gasteiger partial charge < -0.3 is 0 Å². The Kier molecular flexibility index (Phi) is 2.08. The van der Waals surface area contributed by atoms with Gasteiger partial charge in [-0.15, -0.1) is 6.42 Å². The topological polar surface area (TPSA) is 44.8 Å². The molecular formula is C6H9O4P. The molecule has 0 radical (unpaired) electrons. The molecule has 0 aromatic heterocycles. The van der Waals surface area contributed by atoms with Crippen LogP contribution in [0, 0.1) is 12.3 Å². The Bertz CT molecular complexity index is 243. The Morgan fingerprint density at radius 2 is 2.45 bits per heavy atom. The Hall–Kier alpha value is -0.330. The second kappa shape index (κ2) is 2.62. The van der Waals surface area contributed by atoms with Crippen LogP contribution in [-0.2, 0) is 18.1 Å². The van der Waals surface area contributed by atoms with E-state index in [0.29, 0.717) is 0 Å². The summed E-state index contributed by atoms with van der Waals surface area (Å²) < 4.78 is 25.4. The minimum absolute atomic E-state index is 0.106. The molecule has 0 saturated carbocycles. The van der Waals surface area contributed by atoms with Gasteiger partial charge in [0.2, 0.25) is 0 Å². The van der Waals surface area contributed by atoms with Crippen LogP contribution in [0.3, 0.4) is 0 Å². The maximum Gasteiger partial charge on any atom is 0.476 e. The minimum atomic E-state index is -3.33.